The molecule has 0 saturated carbocycles. The van der Waals surface area contributed by atoms with Crippen molar-refractivity contribution >= 4 is 33.7 Å². The normalized spacial score (nSPS) is 11.0. The van der Waals surface area contributed by atoms with Crippen molar-refractivity contribution in [2.45, 2.75) is 19.3 Å². The smallest absolute Gasteiger partial charge is 0.273 e. The molecule has 0 atom stereocenters. The first-order chi connectivity index (χ1) is 14.2. The average molecular weight is 391 g/mol. The van der Waals surface area contributed by atoms with Crippen LogP contribution in [0.15, 0.2) is 47.4 Å². The number of para-hydroxylation sites is 2. The molecule has 1 amide bonds. The number of pyridine rings is 1. The molecule has 4 aromatic rings. The third-order valence-electron chi connectivity index (χ3n) is 4.54. The molecule has 0 unspecified atom stereocenters. The predicted octanol–water partition coefficient (Wildman–Crippen LogP) is 1.75. The van der Waals surface area contributed by atoms with Gasteiger partial charge in [0.25, 0.3) is 5.56 Å². The summed E-state index contributed by atoms with van der Waals surface area (Å²) < 4.78 is 0. The molecule has 0 aliphatic heterocycles. The third-order valence-corrected chi connectivity index (χ3v) is 4.54. The summed E-state index contributed by atoms with van der Waals surface area (Å²) in [6.07, 6.45) is 3.28. The van der Waals surface area contributed by atoms with E-state index in [1.54, 1.807) is 18.3 Å². The van der Waals surface area contributed by atoms with Gasteiger partial charge in [-0.25, -0.2) is 10.1 Å². The molecule has 0 spiro atoms. The van der Waals surface area contributed by atoms with Crippen molar-refractivity contribution in [2.75, 3.05) is 18.4 Å². The van der Waals surface area contributed by atoms with Crippen LogP contribution in [0.2, 0.25) is 0 Å². The number of aryl methyl sites for hydroxylation is 1. The molecule has 4 rings (SSSR count). The number of hydrogen-bond donors (Lipinski definition) is 4. The number of imidazole rings is 1. The lowest BCUT2D eigenvalue weighted by Gasteiger charge is -2.08. The molecule has 1 aromatic carbocycles. The molecule has 0 saturated heterocycles. The minimum Gasteiger partial charge on any atom is -0.367 e. The van der Waals surface area contributed by atoms with Crippen molar-refractivity contribution < 1.29 is 4.79 Å². The van der Waals surface area contributed by atoms with Gasteiger partial charge in [-0.2, -0.15) is 5.10 Å². The van der Waals surface area contributed by atoms with Crippen LogP contribution in [0.5, 0.6) is 0 Å². The summed E-state index contributed by atoms with van der Waals surface area (Å²) in [7, 11) is 0. The highest BCUT2D eigenvalue weighted by molar-refractivity contribution is 5.86. The zero-order valence-corrected chi connectivity index (χ0v) is 15.7. The average Bonchev–Trinajstić information content (AvgIpc) is 3.17. The van der Waals surface area contributed by atoms with Gasteiger partial charge in [0, 0.05) is 32.1 Å². The van der Waals surface area contributed by atoms with Crippen molar-refractivity contribution in [3.8, 4) is 0 Å². The minimum absolute atomic E-state index is 0.0141. The number of aromatic nitrogens is 5. The maximum absolute atomic E-state index is 12.0. The maximum Gasteiger partial charge on any atom is 0.273 e. The summed E-state index contributed by atoms with van der Waals surface area (Å²) in [6, 6.07) is 11.2. The van der Waals surface area contributed by atoms with Crippen molar-refractivity contribution in [1.29, 1.82) is 0 Å². The van der Waals surface area contributed by atoms with Crippen LogP contribution in [0, 0.1) is 0 Å². The molecule has 4 N–H and O–H groups in total. The summed E-state index contributed by atoms with van der Waals surface area (Å²) in [5, 5.41) is 13.0. The van der Waals surface area contributed by atoms with Crippen molar-refractivity contribution in [3.63, 3.8) is 0 Å². The molecule has 9 heteroatoms. The first-order valence-electron chi connectivity index (χ1n) is 9.48. The van der Waals surface area contributed by atoms with Gasteiger partial charge in [-0.3, -0.25) is 14.6 Å². The lowest BCUT2D eigenvalue weighted by Crippen LogP contribution is -2.26. The van der Waals surface area contributed by atoms with E-state index < -0.39 is 0 Å². The Morgan fingerprint density at radius 2 is 2.00 bits per heavy atom. The number of fused-ring (bicyclic) bond motifs is 2. The molecule has 3 heterocycles. The van der Waals surface area contributed by atoms with Gasteiger partial charge < -0.3 is 15.6 Å². The fourth-order valence-electron chi connectivity index (χ4n) is 3.09. The number of anilines is 1. The number of hydrogen-bond acceptors (Lipinski definition) is 6. The molecule has 0 radical (unpaired) electrons. The summed E-state index contributed by atoms with van der Waals surface area (Å²) in [5.41, 5.74) is 2.15. The highest BCUT2D eigenvalue weighted by Crippen LogP contribution is 2.13. The number of amides is 1. The van der Waals surface area contributed by atoms with Gasteiger partial charge in [0.15, 0.2) is 5.82 Å². The zero-order chi connectivity index (χ0) is 20.1. The van der Waals surface area contributed by atoms with E-state index in [1.807, 2.05) is 24.3 Å². The number of rotatable bonds is 8. The van der Waals surface area contributed by atoms with E-state index in [0.29, 0.717) is 49.1 Å². The quantitative estimate of drug-likeness (QED) is 0.339. The highest BCUT2D eigenvalue weighted by Gasteiger charge is 2.08. The summed E-state index contributed by atoms with van der Waals surface area (Å²) in [5.74, 6) is 1.32. The van der Waals surface area contributed by atoms with Crippen LogP contribution in [0.25, 0.3) is 21.9 Å². The molecule has 0 fully saturated rings. The molecule has 0 bridgehead atoms. The number of carbonyl (C=O) groups excluding carboxylic acids is 1. The van der Waals surface area contributed by atoms with E-state index in [-0.39, 0.29) is 11.5 Å². The van der Waals surface area contributed by atoms with Gasteiger partial charge in [-0.1, -0.05) is 12.1 Å². The Hall–Kier alpha value is -3.75. The Kier molecular flexibility index (Phi) is 5.46. The fourth-order valence-corrected chi connectivity index (χ4v) is 3.09. The summed E-state index contributed by atoms with van der Waals surface area (Å²) in [4.78, 5) is 35.7. The van der Waals surface area contributed by atoms with Crippen molar-refractivity contribution in [1.82, 2.24) is 30.5 Å². The van der Waals surface area contributed by atoms with E-state index in [9.17, 15) is 9.59 Å². The molecular formula is C20H21N7O2. The molecule has 148 valence electrons. The third kappa shape index (κ3) is 4.40. The second kappa shape index (κ2) is 8.51. The van der Waals surface area contributed by atoms with E-state index in [0.717, 1.165) is 16.9 Å². The monoisotopic (exact) mass is 391 g/mol. The van der Waals surface area contributed by atoms with Crippen LogP contribution < -0.4 is 16.2 Å². The van der Waals surface area contributed by atoms with E-state index in [1.165, 1.54) is 0 Å². The number of benzene rings is 1. The number of H-pyrrole nitrogens is 2. The molecule has 29 heavy (non-hydrogen) atoms. The van der Waals surface area contributed by atoms with Crippen molar-refractivity contribution in [2.24, 2.45) is 0 Å². The highest BCUT2D eigenvalue weighted by atomic mass is 16.1. The van der Waals surface area contributed by atoms with Gasteiger partial charge in [-0.05, 0) is 30.7 Å². The van der Waals surface area contributed by atoms with Gasteiger partial charge in [0.05, 0.1) is 16.4 Å². The largest absolute Gasteiger partial charge is 0.367 e. The zero-order valence-electron chi connectivity index (χ0n) is 15.7. The molecule has 0 aliphatic carbocycles. The molecular weight excluding hydrogens is 370 g/mol. The standard InChI is InChI=1S/C20H21N7O2/c28-17(9-8-16-24-14-6-1-2-7-15(14)25-16)21-11-4-12-23-19-18-13(5-3-10-22-18)20(29)27-26-19/h1-3,5-7,10H,4,8-9,11-12H2,(H,21,28)(H,23,26)(H,24,25)(H,27,29). The Balaban J connectivity index is 1.20. The SMILES string of the molecule is O=C(CCc1nc2ccccc2[nH]1)NCCCNc1n[nH]c(=O)c2cccnc12. The maximum atomic E-state index is 12.0. The molecule has 3 aromatic heterocycles. The topological polar surface area (TPSA) is 128 Å². The number of nitrogens with zero attached hydrogens (tertiary/aromatic N) is 3. The number of carbonyl (C=O) groups is 1. The summed E-state index contributed by atoms with van der Waals surface area (Å²) >= 11 is 0. The van der Waals surface area contributed by atoms with E-state index in [2.05, 4.69) is 35.8 Å². The van der Waals surface area contributed by atoms with Crippen molar-refractivity contribution in [3.05, 3.63) is 58.8 Å². The Bertz CT molecular complexity index is 1170. The predicted molar refractivity (Wildman–Crippen MR) is 111 cm³/mol. The van der Waals surface area contributed by atoms with Crippen LogP contribution in [-0.4, -0.2) is 44.1 Å². The van der Waals surface area contributed by atoms with Crippen LogP contribution in [0.4, 0.5) is 5.82 Å². The first-order valence-corrected chi connectivity index (χ1v) is 9.48. The summed E-state index contributed by atoms with van der Waals surface area (Å²) in [6.45, 7) is 1.13. The second-order valence-corrected chi connectivity index (χ2v) is 6.63. The Labute approximate surface area is 166 Å². The molecule has 9 nitrogen and oxygen atoms in total. The van der Waals surface area contributed by atoms with Gasteiger partial charge in [0.2, 0.25) is 5.91 Å². The van der Waals surface area contributed by atoms with E-state index >= 15 is 0 Å². The fraction of sp³-hybridized carbons (Fsp3) is 0.250. The van der Waals surface area contributed by atoms with Gasteiger partial charge in [0.1, 0.15) is 11.3 Å². The first kappa shape index (κ1) is 18.6. The number of nitrogens with one attached hydrogen (secondary N) is 4. The van der Waals surface area contributed by atoms with E-state index in [4.69, 9.17) is 0 Å². The Morgan fingerprint density at radius 3 is 2.90 bits per heavy atom. The Morgan fingerprint density at radius 1 is 1.10 bits per heavy atom. The van der Waals surface area contributed by atoms with Gasteiger partial charge >= 0.3 is 0 Å². The lowest BCUT2D eigenvalue weighted by atomic mass is 10.2. The second-order valence-electron chi connectivity index (χ2n) is 6.63. The van der Waals surface area contributed by atoms with Gasteiger partial charge in [-0.15, -0.1) is 0 Å². The minimum atomic E-state index is -0.268. The van der Waals surface area contributed by atoms with Crippen LogP contribution in [0.3, 0.4) is 0 Å². The van der Waals surface area contributed by atoms with Crippen LogP contribution in [0.1, 0.15) is 18.7 Å². The lowest BCUT2D eigenvalue weighted by molar-refractivity contribution is -0.121. The number of aromatic amines is 2. The van der Waals surface area contributed by atoms with Crippen LogP contribution in [-0.2, 0) is 11.2 Å². The van der Waals surface area contributed by atoms with Crippen LogP contribution >= 0.6 is 0 Å². The molecule has 0 aliphatic rings.